The van der Waals surface area contributed by atoms with E-state index in [2.05, 4.69) is 15.9 Å². The summed E-state index contributed by atoms with van der Waals surface area (Å²) < 4.78 is 0.990. The topological polar surface area (TPSA) is 57.6 Å². The molecule has 1 fully saturated rings. The van der Waals surface area contributed by atoms with Gasteiger partial charge < -0.3 is 10.0 Å². The Bertz CT molecular complexity index is 504. The van der Waals surface area contributed by atoms with Gasteiger partial charge in [0.1, 0.15) is 6.04 Å². The number of carbonyl (C=O) groups is 2. The molecule has 0 aromatic heterocycles. The Balaban J connectivity index is 1.95. The van der Waals surface area contributed by atoms with E-state index in [4.69, 9.17) is 0 Å². The zero-order chi connectivity index (χ0) is 14.5. The van der Waals surface area contributed by atoms with E-state index in [0.29, 0.717) is 25.8 Å². The van der Waals surface area contributed by atoms with Gasteiger partial charge in [0, 0.05) is 17.4 Å². The van der Waals surface area contributed by atoms with Crippen LogP contribution in [0.25, 0.3) is 0 Å². The molecule has 1 aromatic carbocycles. The number of carbonyl (C=O) groups excluding carboxylic acids is 1. The normalized spacial score (nSPS) is 18.9. The van der Waals surface area contributed by atoms with Crippen molar-refractivity contribution in [2.75, 3.05) is 6.54 Å². The predicted molar refractivity (Wildman–Crippen MR) is 79.5 cm³/mol. The molecule has 0 aliphatic carbocycles. The number of amides is 1. The molecule has 1 aliphatic heterocycles. The molecule has 1 atom stereocenters. The Kier molecular flexibility index (Phi) is 5.17. The summed E-state index contributed by atoms with van der Waals surface area (Å²) in [4.78, 5) is 24.9. The summed E-state index contributed by atoms with van der Waals surface area (Å²) in [5.41, 5.74) is 1.08. The maximum absolute atomic E-state index is 12.2. The van der Waals surface area contributed by atoms with Crippen molar-refractivity contribution in [3.63, 3.8) is 0 Å². The number of aryl methyl sites for hydroxylation is 1. The zero-order valence-electron chi connectivity index (χ0n) is 11.2. The van der Waals surface area contributed by atoms with Gasteiger partial charge in [-0.05, 0) is 43.4 Å². The minimum absolute atomic E-state index is 0.0583. The molecule has 5 heteroatoms. The first-order chi connectivity index (χ1) is 9.58. The first-order valence-electron chi connectivity index (χ1n) is 6.84. The number of piperidine rings is 1. The molecule has 4 nitrogen and oxygen atoms in total. The average molecular weight is 340 g/mol. The van der Waals surface area contributed by atoms with E-state index in [0.717, 1.165) is 22.9 Å². The summed E-state index contributed by atoms with van der Waals surface area (Å²) >= 11 is 3.40. The number of likely N-dealkylation sites (tertiary alicyclic amines) is 1. The van der Waals surface area contributed by atoms with E-state index >= 15 is 0 Å². The van der Waals surface area contributed by atoms with Crippen molar-refractivity contribution < 1.29 is 14.7 Å². The third-order valence-electron chi connectivity index (χ3n) is 3.62. The Morgan fingerprint density at radius 2 is 2.15 bits per heavy atom. The van der Waals surface area contributed by atoms with Crippen molar-refractivity contribution in [2.45, 2.75) is 38.1 Å². The molecule has 1 N–H and O–H groups in total. The first kappa shape index (κ1) is 15.0. The number of nitrogens with zero attached hydrogens (tertiary/aromatic N) is 1. The molecule has 1 saturated heterocycles. The van der Waals surface area contributed by atoms with E-state index in [-0.39, 0.29) is 5.91 Å². The van der Waals surface area contributed by atoms with Gasteiger partial charge in [-0.25, -0.2) is 4.79 Å². The van der Waals surface area contributed by atoms with Gasteiger partial charge in [-0.15, -0.1) is 0 Å². The van der Waals surface area contributed by atoms with Gasteiger partial charge in [-0.3, -0.25) is 4.79 Å². The quantitative estimate of drug-likeness (QED) is 0.917. The molecular weight excluding hydrogens is 322 g/mol. The Morgan fingerprint density at radius 1 is 1.35 bits per heavy atom. The summed E-state index contributed by atoms with van der Waals surface area (Å²) in [6.07, 6.45) is 3.35. The van der Waals surface area contributed by atoms with Crippen LogP contribution in [0.3, 0.4) is 0 Å². The highest BCUT2D eigenvalue weighted by molar-refractivity contribution is 9.10. The van der Waals surface area contributed by atoms with E-state index in [9.17, 15) is 14.7 Å². The summed E-state index contributed by atoms with van der Waals surface area (Å²) in [7, 11) is 0. The van der Waals surface area contributed by atoms with Crippen LogP contribution in [0.4, 0.5) is 0 Å². The van der Waals surface area contributed by atoms with Gasteiger partial charge in [-0.1, -0.05) is 28.1 Å². The predicted octanol–water partition coefficient (Wildman–Crippen LogP) is 2.85. The first-order valence-corrected chi connectivity index (χ1v) is 7.64. The summed E-state index contributed by atoms with van der Waals surface area (Å²) in [5.74, 6) is -0.947. The van der Waals surface area contributed by atoms with Crippen LogP contribution in [0.15, 0.2) is 28.7 Å². The van der Waals surface area contributed by atoms with Crippen molar-refractivity contribution in [3.8, 4) is 0 Å². The van der Waals surface area contributed by atoms with Crippen LogP contribution in [-0.2, 0) is 16.0 Å². The molecule has 1 unspecified atom stereocenters. The highest BCUT2D eigenvalue weighted by Crippen LogP contribution is 2.19. The maximum Gasteiger partial charge on any atom is 0.326 e. The number of benzene rings is 1. The van der Waals surface area contributed by atoms with Crippen LogP contribution in [0.5, 0.6) is 0 Å². The minimum Gasteiger partial charge on any atom is -0.480 e. The number of carboxylic acids is 1. The van der Waals surface area contributed by atoms with Crippen LogP contribution < -0.4 is 0 Å². The van der Waals surface area contributed by atoms with E-state index in [1.54, 1.807) is 0 Å². The summed E-state index contributed by atoms with van der Waals surface area (Å²) in [6, 6.07) is 7.20. The molecule has 0 spiro atoms. The molecule has 0 bridgehead atoms. The van der Waals surface area contributed by atoms with Gasteiger partial charge in [0.15, 0.2) is 0 Å². The highest BCUT2D eigenvalue weighted by atomic mass is 79.9. The van der Waals surface area contributed by atoms with Crippen LogP contribution in [0.1, 0.15) is 31.2 Å². The monoisotopic (exact) mass is 339 g/mol. The number of hydrogen-bond donors (Lipinski definition) is 1. The molecule has 0 saturated carbocycles. The van der Waals surface area contributed by atoms with Crippen molar-refractivity contribution in [1.82, 2.24) is 4.90 Å². The number of hydrogen-bond acceptors (Lipinski definition) is 2. The molecule has 0 radical (unpaired) electrons. The fourth-order valence-corrected chi connectivity index (χ4v) is 3.02. The Labute approximate surface area is 126 Å². The number of carboxylic acid groups (broad SMARTS) is 1. The molecule has 108 valence electrons. The molecule has 1 amide bonds. The average Bonchev–Trinajstić information content (AvgIpc) is 2.45. The van der Waals surface area contributed by atoms with E-state index < -0.39 is 12.0 Å². The summed E-state index contributed by atoms with van der Waals surface area (Å²) in [5, 5.41) is 9.18. The standard InChI is InChI=1S/C15H18BrNO3/c16-12-5-3-4-11(10-12)7-8-14(18)17-9-2-1-6-13(17)15(19)20/h3-5,10,13H,1-2,6-9H2,(H,19,20). The van der Waals surface area contributed by atoms with Crippen molar-refractivity contribution in [2.24, 2.45) is 0 Å². The molecule has 20 heavy (non-hydrogen) atoms. The van der Waals surface area contributed by atoms with Gasteiger partial charge in [-0.2, -0.15) is 0 Å². The minimum atomic E-state index is -0.888. The number of halogens is 1. The van der Waals surface area contributed by atoms with Crippen molar-refractivity contribution in [3.05, 3.63) is 34.3 Å². The molecule has 1 heterocycles. The molecular formula is C15H18BrNO3. The van der Waals surface area contributed by atoms with Crippen LogP contribution in [0.2, 0.25) is 0 Å². The van der Waals surface area contributed by atoms with Crippen LogP contribution in [0, 0.1) is 0 Å². The highest BCUT2D eigenvalue weighted by Gasteiger charge is 2.31. The third-order valence-corrected chi connectivity index (χ3v) is 4.12. The van der Waals surface area contributed by atoms with Crippen molar-refractivity contribution >= 4 is 27.8 Å². The SMILES string of the molecule is O=C(O)C1CCCCN1C(=O)CCc1cccc(Br)c1. The Morgan fingerprint density at radius 3 is 2.85 bits per heavy atom. The van der Waals surface area contributed by atoms with Gasteiger partial charge in [0.25, 0.3) is 0 Å². The number of aliphatic carboxylic acids is 1. The molecule has 2 rings (SSSR count). The second kappa shape index (κ2) is 6.88. The van der Waals surface area contributed by atoms with Gasteiger partial charge in [0.05, 0.1) is 0 Å². The molecule has 1 aromatic rings. The van der Waals surface area contributed by atoms with Gasteiger partial charge >= 0.3 is 5.97 Å². The third kappa shape index (κ3) is 3.82. The molecule has 1 aliphatic rings. The summed E-state index contributed by atoms with van der Waals surface area (Å²) in [6.45, 7) is 0.564. The maximum atomic E-state index is 12.2. The fourth-order valence-electron chi connectivity index (χ4n) is 2.57. The lowest BCUT2D eigenvalue weighted by Gasteiger charge is -2.33. The van der Waals surface area contributed by atoms with Gasteiger partial charge in [0.2, 0.25) is 5.91 Å². The lowest BCUT2D eigenvalue weighted by molar-refractivity contribution is -0.152. The van der Waals surface area contributed by atoms with Crippen molar-refractivity contribution in [1.29, 1.82) is 0 Å². The van der Waals surface area contributed by atoms with E-state index in [1.807, 2.05) is 24.3 Å². The van der Waals surface area contributed by atoms with Crippen LogP contribution >= 0.6 is 15.9 Å². The van der Waals surface area contributed by atoms with E-state index in [1.165, 1.54) is 4.90 Å². The lowest BCUT2D eigenvalue weighted by Crippen LogP contribution is -2.48. The fraction of sp³-hybridized carbons (Fsp3) is 0.467. The lowest BCUT2D eigenvalue weighted by atomic mass is 10.0. The van der Waals surface area contributed by atoms with Crippen LogP contribution in [-0.4, -0.2) is 34.5 Å². The smallest absolute Gasteiger partial charge is 0.326 e. The Hall–Kier alpha value is -1.36. The number of rotatable bonds is 4. The largest absolute Gasteiger partial charge is 0.480 e. The second-order valence-corrected chi connectivity index (χ2v) is 5.98. The second-order valence-electron chi connectivity index (χ2n) is 5.07. The zero-order valence-corrected chi connectivity index (χ0v) is 12.8.